The van der Waals surface area contributed by atoms with Gasteiger partial charge in [-0.1, -0.05) is 17.7 Å². The first-order chi connectivity index (χ1) is 11.4. The predicted molar refractivity (Wildman–Crippen MR) is 92.5 cm³/mol. The maximum absolute atomic E-state index is 12.0. The molecule has 9 heteroatoms. The number of anilines is 1. The number of carbonyl (C=O) groups excluding carboxylic acids is 1. The topological polar surface area (TPSA) is 93.7 Å². The summed E-state index contributed by atoms with van der Waals surface area (Å²) < 4.78 is 33.3. The highest BCUT2D eigenvalue weighted by Crippen LogP contribution is 2.32. The minimum absolute atomic E-state index is 0.00127. The summed E-state index contributed by atoms with van der Waals surface area (Å²) in [6, 6.07) is 4.87. The molecule has 24 heavy (non-hydrogen) atoms. The number of carbonyl (C=O) groups is 1. The highest BCUT2D eigenvalue weighted by atomic mass is 35.5. The van der Waals surface area contributed by atoms with E-state index in [1.807, 2.05) is 0 Å². The number of benzene rings is 1. The van der Waals surface area contributed by atoms with Gasteiger partial charge in [0.05, 0.1) is 35.4 Å². The fourth-order valence-electron chi connectivity index (χ4n) is 2.38. The summed E-state index contributed by atoms with van der Waals surface area (Å²) in [6.45, 7) is 0.750. The molecule has 1 saturated heterocycles. The van der Waals surface area contributed by atoms with Gasteiger partial charge in [0.15, 0.2) is 15.6 Å². The van der Waals surface area contributed by atoms with Gasteiger partial charge >= 0.3 is 0 Å². The number of nitrogens with one attached hydrogen (secondary N) is 2. The first-order valence-electron chi connectivity index (χ1n) is 7.55. The van der Waals surface area contributed by atoms with Gasteiger partial charge in [-0.3, -0.25) is 4.79 Å². The van der Waals surface area contributed by atoms with E-state index in [1.54, 1.807) is 25.3 Å². The van der Waals surface area contributed by atoms with E-state index in [1.165, 1.54) is 0 Å². The largest absolute Gasteiger partial charge is 0.487 e. The lowest BCUT2D eigenvalue weighted by Crippen LogP contribution is -2.39. The van der Waals surface area contributed by atoms with Crippen molar-refractivity contribution in [2.45, 2.75) is 12.5 Å². The van der Waals surface area contributed by atoms with Crippen molar-refractivity contribution in [3.63, 3.8) is 0 Å². The van der Waals surface area contributed by atoms with Gasteiger partial charge in [-0.25, -0.2) is 8.42 Å². The second-order valence-corrected chi connectivity index (χ2v) is 8.11. The molecule has 1 fully saturated rings. The summed E-state index contributed by atoms with van der Waals surface area (Å²) in [5.41, 5.74) is 0.591. The highest BCUT2D eigenvalue weighted by molar-refractivity contribution is 7.91. The molecule has 0 aliphatic carbocycles. The Bertz CT molecular complexity index is 680. The molecule has 1 aromatic carbocycles. The third kappa shape index (κ3) is 5.54. The number of para-hydroxylation sites is 1. The smallest absolute Gasteiger partial charge is 0.239 e. The molecule has 0 saturated carbocycles. The SMILES string of the molecule is COCCOc1c(Cl)cccc1NCC(=O)NC1CCS(=O)(=O)C1. The van der Waals surface area contributed by atoms with Crippen molar-refractivity contribution in [2.24, 2.45) is 0 Å². The summed E-state index contributed by atoms with van der Waals surface area (Å²) >= 11 is 6.12. The van der Waals surface area contributed by atoms with Crippen LogP contribution in [0.25, 0.3) is 0 Å². The Morgan fingerprint density at radius 3 is 2.83 bits per heavy atom. The van der Waals surface area contributed by atoms with Crippen LogP contribution in [0.15, 0.2) is 18.2 Å². The lowest BCUT2D eigenvalue weighted by molar-refractivity contribution is -0.119. The normalized spacial score (nSPS) is 19.0. The number of amides is 1. The number of hydrogen-bond acceptors (Lipinski definition) is 6. The van der Waals surface area contributed by atoms with Crippen LogP contribution in [-0.2, 0) is 19.4 Å². The monoisotopic (exact) mass is 376 g/mol. The van der Waals surface area contributed by atoms with Crippen LogP contribution in [-0.4, -0.2) is 58.7 Å². The van der Waals surface area contributed by atoms with Gasteiger partial charge in [0.2, 0.25) is 5.91 Å². The lowest BCUT2D eigenvalue weighted by atomic mass is 10.2. The molecule has 2 N–H and O–H groups in total. The number of methoxy groups -OCH3 is 1. The van der Waals surface area contributed by atoms with Gasteiger partial charge in [0.1, 0.15) is 6.61 Å². The van der Waals surface area contributed by atoms with Crippen LogP contribution >= 0.6 is 11.6 Å². The molecule has 0 spiro atoms. The molecule has 2 rings (SSSR count). The van der Waals surface area contributed by atoms with E-state index in [2.05, 4.69) is 10.6 Å². The third-order valence-corrected chi connectivity index (χ3v) is 5.60. The van der Waals surface area contributed by atoms with E-state index in [0.29, 0.717) is 36.1 Å². The van der Waals surface area contributed by atoms with Crippen LogP contribution in [0.2, 0.25) is 5.02 Å². The number of ether oxygens (including phenoxy) is 2. The van der Waals surface area contributed by atoms with E-state index < -0.39 is 9.84 Å². The van der Waals surface area contributed by atoms with Crippen LogP contribution in [0.1, 0.15) is 6.42 Å². The van der Waals surface area contributed by atoms with Gasteiger partial charge in [-0.05, 0) is 18.6 Å². The molecular weight excluding hydrogens is 356 g/mol. The van der Waals surface area contributed by atoms with Crippen molar-refractivity contribution in [1.29, 1.82) is 0 Å². The van der Waals surface area contributed by atoms with Crippen LogP contribution in [0, 0.1) is 0 Å². The van der Waals surface area contributed by atoms with E-state index in [9.17, 15) is 13.2 Å². The standard InChI is InChI=1S/C15H21ClN2O5S/c1-22-6-7-23-15-12(16)3-2-4-13(15)17-9-14(19)18-11-5-8-24(20,21)10-11/h2-4,11,17H,5-10H2,1H3,(H,18,19). The van der Waals surface area contributed by atoms with Crippen molar-refractivity contribution in [2.75, 3.05) is 43.7 Å². The zero-order chi connectivity index (χ0) is 17.6. The van der Waals surface area contributed by atoms with Gasteiger partial charge in [-0.15, -0.1) is 0 Å². The molecule has 134 valence electrons. The van der Waals surface area contributed by atoms with Crippen molar-refractivity contribution >= 4 is 33.0 Å². The first kappa shape index (κ1) is 18.8. The maximum atomic E-state index is 12.0. The second kappa shape index (κ2) is 8.55. The molecule has 7 nitrogen and oxygen atoms in total. The number of rotatable bonds is 8. The molecule has 1 aliphatic heterocycles. The maximum Gasteiger partial charge on any atom is 0.239 e. The number of sulfone groups is 1. The van der Waals surface area contributed by atoms with E-state index in [-0.39, 0.29) is 30.0 Å². The quantitative estimate of drug-likeness (QED) is 0.659. The average molecular weight is 377 g/mol. The Hall–Kier alpha value is -1.51. The Morgan fingerprint density at radius 2 is 2.17 bits per heavy atom. The first-order valence-corrected chi connectivity index (χ1v) is 9.75. The van der Waals surface area contributed by atoms with Crippen molar-refractivity contribution in [1.82, 2.24) is 5.32 Å². The Labute approximate surface area is 146 Å². The van der Waals surface area contributed by atoms with Crippen LogP contribution in [0.3, 0.4) is 0 Å². The molecule has 1 heterocycles. The van der Waals surface area contributed by atoms with Gasteiger partial charge in [-0.2, -0.15) is 0 Å². The van der Waals surface area contributed by atoms with E-state index >= 15 is 0 Å². The molecular formula is C15H21ClN2O5S. The van der Waals surface area contributed by atoms with Crippen molar-refractivity contribution in [3.8, 4) is 5.75 Å². The molecule has 0 radical (unpaired) electrons. The summed E-state index contributed by atoms with van der Waals surface area (Å²) in [5.74, 6) is 0.297. The Balaban J connectivity index is 1.89. The second-order valence-electron chi connectivity index (χ2n) is 5.48. The zero-order valence-corrected chi connectivity index (χ0v) is 15.0. The molecule has 1 amide bonds. The third-order valence-electron chi connectivity index (χ3n) is 3.54. The van der Waals surface area contributed by atoms with Crippen LogP contribution < -0.4 is 15.4 Å². The minimum atomic E-state index is -3.02. The minimum Gasteiger partial charge on any atom is -0.487 e. The fourth-order valence-corrected chi connectivity index (χ4v) is 4.29. The fraction of sp³-hybridized carbons (Fsp3) is 0.533. The number of halogens is 1. The summed E-state index contributed by atoms with van der Waals surface area (Å²) in [6.07, 6.45) is 0.455. The van der Waals surface area contributed by atoms with Crippen LogP contribution in [0.4, 0.5) is 5.69 Å². The average Bonchev–Trinajstić information content (AvgIpc) is 2.86. The zero-order valence-electron chi connectivity index (χ0n) is 13.4. The predicted octanol–water partition coefficient (Wildman–Crippen LogP) is 1.08. The lowest BCUT2D eigenvalue weighted by Gasteiger charge is -2.15. The summed E-state index contributed by atoms with van der Waals surface area (Å²) in [7, 11) is -1.45. The Kier molecular flexibility index (Phi) is 6.70. The summed E-state index contributed by atoms with van der Waals surface area (Å²) in [4.78, 5) is 12.0. The molecule has 1 unspecified atom stereocenters. The summed E-state index contributed by atoms with van der Waals surface area (Å²) in [5, 5.41) is 6.11. The van der Waals surface area contributed by atoms with Crippen molar-refractivity contribution < 1.29 is 22.7 Å². The van der Waals surface area contributed by atoms with Gasteiger partial charge in [0.25, 0.3) is 0 Å². The van der Waals surface area contributed by atoms with Gasteiger partial charge in [0, 0.05) is 13.2 Å². The van der Waals surface area contributed by atoms with E-state index in [4.69, 9.17) is 21.1 Å². The molecule has 1 atom stereocenters. The molecule has 0 bridgehead atoms. The molecule has 1 aromatic rings. The number of hydrogen-bond donors (Lipinski definition) is 2. The molecule has 1 aliphatic rings. The Morgan fingerprint density at radius 1 is 1.38 bits per heavy atom. The molecule has 0 aromatic heterocycles. The van der Waals surface area contributed by atoms with Crippen molar-refractivity contribution in [3.05, 3.63) is 23.2 Å². The van der Waals surface area contributed by atoms with Gasteiger partial charge < -0.3 is 20.1 Å². The van der Waals surface area contributed by atoms with E-state index in [0.717, 1.165) is 0 Å². The van der Waals surface area contributed by atoms with Crippen LogP contribution in [0.5, 0.6) is 5.75 Å². The highest BCUT2D eigenvalue weighted by Gasteiger charge is 2.28.